The molecule has 0 unspecified atom stereocenters. The van der Waals surface area contributed by atoms with Crippen LogP contribution in [0.5, 0.6) is 0 Å². The van der Waals surface area contributed by atoms with Gasteiger partial charge in [0.1, 0.15) is 13.2 Å². The Morgan fingerprint density at radius 2 is 1.85 bits per heavy atom. The van der Waals surface area contributed by atoms with Crippen LogP contribution in [-0.2, 0) is 14.4 Å². The number of piperidine rings is 1. The fourth-order valence-corrected chi connectivity index (χ4v) is 3.14. The lowest BCUT2D eigenvalue weighted by molar-refractivity contribution is -0.277. The third-order valence-electron chi connectivity index (χ3n) is 4.06. The van der Waals surface area contributed by atoms with E-state index in [1.54, 1.807) is 0 Å². The Morgan fingerprint density at radius 1 is 1.25 bits per heavy atom. The van der Waals surface area contributed by atoms with Crippen LogP contribution in [0.4, 0.5) is 4.79 Å². The lowest BCUT2D eigenvalue weighted by Crippen LogP contribution is -2.58. The van der Waals surface area contributed by atoms with E-state index in [4.69, 9.17) is 9.57 Å². The van der Waals surface area contributed by atoms with Crippen molar-refractivity contribution in [1.82, 2.24) is 9.96 Å². The van der Waals surface area contributed by atoms with E-state index in [-0.39, 0.29) is 30.2 Å². The molecule has 0 saturated carbocycles. The molecule has 2 heterocycles. The summed E-state index contributed by atoms with van der Waals surface area (Å²) >= 11 is 0. The Labute approximate surface area is 119 Å². The highest BCUT2D eigenvalue weighted by molar-refractivity contribution is 5.93. The summed E-state index contributed by atoms with van der Waals surface area (Å²) in [7, 11) is 0. The van der Waals surface area contributed by atoms with Gasteiger partial charge in [-0.1, -0.05) is 0 Å². The Bertz CT molecular complexity index is 390. The molecule has 0 aromatic rings. The summed E-state index contributed by atoms with van der Waals surface area (Å²) in [6, 6.07) is 0. The fraction of sp³-hybridized carbons (Fsp3) is 0.857. The van der Waals surface area contributed by atoms with Crippen molar-refractivity contribution in [3.63, 3.8) is 0 Å². The van der Waals surface area contributed by atoms with Gasteiger partial charge in [0.15, 0.2) is 0 Å². The number of hydrogen-bond donors (Lipinski definition) is 0. The molecule has 2 saturated heterocycles. The average molecular weight is 284 g/mol. The van der Waals surface area contributed by atoms with Crippen LogP contribution in [0.15, 0.2) is 0 Å². The normalized spacial score (nSPS) is 25.6. The van der Waals surface area contributed by atoms with Gasteiger partial charge in [-0.3, -0.25) is 9.63 Å². The number of cyclic esters (lactones) is 1. The first kappa shape index (κ1) is 15.3. The van der Waals surface area contributed by atoms with Crippen molar-refractivity contribution in [2.24, 2.45) is 0 Å². The summed E-state index contributed by atoms with van der Waals surface area (Å²) in [4.78, 5) is 30.2. The van der Waals surface area contributed by atoms with Gasteiger partial charge in [0.2, 0.25) is 0 Å². The zero-order valence-electron chi connectivity index (χ0n) is 12.8. The molecule has 0 aromatic heterocycles. The zero-order chi connectivity index (χ0) is 15.0. The molecule has 0 radical (unpaired) electrons. The Balaban J connectivity index is 1.97. The topological polar surface area (TPSA) is 59.1 Å². The van der Waals surface area contributed by atoms with Gasteiger partial charge in [0.05, 0.1) is 6.54 Å². The van der Waals surface area contributed by atoms with E-state index < -0.39 is 6.09 Å². The van der Waals surface area contributed by atoms with E-state index in [1.165, 1.54) is 0 Å². The van der Waals surface area contributed by atoms with Crippen molar-refractivity contribution < 1.29 is 19.2 Å². The number of hydrogen-bond acceptors (Lipinski definition) is 5. The molecule has 0 atom stereocenters. The Kier molecular flexibility index (Phi) is 4.07. The van der Waals surface area contributed by atoms with E-state index >= 15 is 0 Å². The molecule has 2 amide bonds. The van der Waals surface area contributed by atoms with Crippen LogP contribution < -0.4 is 0 Å². The van der Waals surface area contributed by atoms with Gasteiger partial charge in [-0.05, 0) is 47.0 Å². The standard InChI is InChI=1S/C14H24N2O4/c1-13(2)6-5-7-14(3,4)16(13)20-10-11(17)15-8-9-19-12(15)18/h5-10H2,1-4H3. The van der Waals surface area contributed by atoms with Crippen LogP contribution in [0.3, 0.4) is 0 Å². The van der Waals surface area contributed by atoms with Crippen LogP contribution >= 0.6 is 0 Å². The summed E-state index contributed by atoms with van der Waals surface area (Å²) < 4.78 is 4.76. The molecule has 114 valence electrons. The predicted octanol–water partition coefficient (Wildman–Crippen LogP) is 1.94. The highest BCUT2D eigenvalue weighted by atomic mass is 16.7. The van der Waals surface area contributed by atoms with Crippen molar-refractivity contribution in [2.45, 2.75) is 58.0 Å². The maximum Gasteiger partial charge on any atom is 0.416 e. The van der Waals surface area contributed by atoms with Crippen LogP contribution in [-0.4, -0.2) is 52.8 Å². The smallest absolute Gasteiger partial charge is 0.416 e. The van der Waals surface area contributed by atoms with Crippen LogP contribution in [0.25, 0.3) is 0 Å². The molecule has 2 aliphatic rings. The SMILES string of the molecule is CC1(C)CCCC(C)(C)N1OCC(=O)N1CCOC1=O. The molecule has 6 nitrogen and oxygen atoms in total. The van der Waals surface area contributed by atoms with Gasteiger partial charge < -0.3 is 4.74 Å². The monoisotopic (exact) mass is 284 g/mol. The van der Waals surface area contributed by atoms with Crippen molar-refractivity contribution in [2.75, 3.05) is 19.8 Å². The van der Waals surface area contributed by atoms with Gasteiger partial charge in [0.25, 0.3) is 5.91 Å². The number of rotatable bonds is 3. The minimum absolute atomic E-state index is 0.118. The second-order valence-electron chi connectivity index (χ2n) is 6.71. The lowest BCUT2D eigenvalue weighted by atomic mass is 9.82. The second kappa shape index (κ2) is 5.33. The predicted molar refractivity (Wildman–Crippen MR) is 72.9 cm³/mol. The molecular weight excluding hydrogens is 260 g/mol. The first-order valence-electron chi connectivity index (χ1n) is 7.14. The summed E-state index contributed by atoms with van der Waals surface area (Å²) in [5.41, 5.74) is -0.235. The number of carbonyl (C=O) groups is 2. The van der Waals surface area contributed by atoms with E-state index in [1.807, 2.05) is 5.06 Å². The van der Waals surface area contributed by atoms with Gasteiger partial charge >= 0.3 is 6.09 Å². The van der Waals surface area contributed by atoms with Gasteiger partial charge in [-0.2, -0.15) is 5.06 Å². The largest absolute Gasteiger partial charge is 0.447 e. The van der Waals surface area contributed by atoms with Crippen LogP contribution in [0, 0.1) is 0 Å². The summed E-state index contributed by atoms with van der Waals surface area (Å²) in [6.45, 7) is 8.91. The summed E-state index contributed by atoms with van der Waals surface area (Å²) in [5, 5.41) is 1.92. The average Bonchev–Trinajstić information content (AvgIpc) is 2.72. The molecule has 0 aliphatic carbocycles. The first-order valence-corrected chi connectivity index (χ1v) is 7.14. The highest BCUT2D eigenvalue weighted by Gasteiger charge is 2.43. The van der Waals surface area contributed by atoms with Crippen LogP contribution in [0.1, 0.15) is 47.0 Å². The van der Waals surface area contributed by atoms with Gasteiger partial charge in [-0.15, -0.1) is 0 Å². The fourth-order valence-electron chi connectivity index (χ4n) is 3.14. The first-order chi connectivity index (χ1) is 9.24. The molecule has 6 heteroatoms. The number of carbonyl (C=O) groups excluding carboxylic acids is 2. The lowest BCUT2D eigenvalue weighted by Gasteiger charge is -2.51. The molecule has 0 spiro atoms. The number of ether oxygens (including phenoxy) is 1. The molecule has 0 aromatic carbocycles. The van der Waals surface area contributed by atoms with Crippen molar-refractivity contribution in [3.05, 3.63) is 0 Å². The number of amides is 2. The van der Waals surface area contributed by atoms with Crippen molar-refractivity contribution in [3.8, 4) is 0 Å². The zero-order valence-corrected chi connectivity index (χ0v) is 12.8. The minimum Gasteiger partial charge on any atom is -0.447 e. The molecule has 20 heavy (non-hydrogen) atoms. The molecule has 2 rings (SSSR count). The quantitative estimate of drug-likeness (QED) is 0.792. The Morgan fingerprint density at radius 3 is 2.35 bits per heavy atom. The highest BCUT2D eigenvalue weighted by Crippen LogP contribution is 2.38. The summed E-state index contributed by atoms with van der Waals surface area (Å²) in [6.07, 6.45) is 2.62. The maximum atomic E-state index is 12.0. The summed E-state index contributed by atoms with van der Waals surface area (Å²) in [5.74, 6) is -0.343. The molecule has 2 aliphatic heterocycles. The van der Waals surface area contributed by atoms with Crippen LogP contribution in [0.2, 0.25) is 0 Å². The molecular formula is C14H24N2O4. The number of nitrogens with zero attached hydrogens (tertiary/aromatic N) is 2. The Hall–Kier alpha value is -1.14. The second-order valence-corrected chi connectivity index (χ2v) is 6.71. The third-order valence-corrected chi connectivity index (χ3v) is 4.06. The van der Waals surface area contributed by atoms with Crippen molar-refractivity contribution in [1.29, 1.82) is 0 Å². The third kappa shape index (κ3) is 2.96. The van der Waals surface area contributed by atoms with E-state index in [0.717, 1.165) is 24.2 Å². The van der Waals surface area contributed by atoms with Gasteiger partial charge in [-0.25, -0.2) is 9.69 Å². The van der Waals surface area contributed by atoms with E-state index in [2.05, 4.69) is 27.7 Å². The van der Waals surface area contributed by atoms with Gasteiger partial charge in [0, 0.05) is 11.1 Å². The number of imide groups is 1. The molecule has 2 fully saturated rings. The maximum absolute atomic E-state index is 12.0. The molecule has 0 bridgehead atoms. The molecule has 0 N–H and O–H groups in total. The van der Waals surface area contributed by atoms with Crippen molar-refractivity contribution >= 4 is 12.0 Å². The van der Waals surface area contributed by atoms with E-state index in [0.29, 0.717) is 6.54 Å². The van der Waals surface area contributed by atoms with E-state index in [9.17, 15) is 9.59 Å². The number of hydroxylamine groups is 2. The minimum atomic E-state index is -0.573.